The van der Waals surface area contributed by atoms with Crippen LogP contribution in [0.1, 0.15) is 36.1 Å². The molecule has 1 fully saturated rings. The van der Waals surface area contributed by atoms with Gasteiger partial charge >= 0.3 is 6.01 Å². The second-order valence-corrected chi connectivity index (χ2v) is 7.16. The van der Waals surface area contributed by atoms with Crippen molar-refractivity contribution in [1.82, 2.24) is 24.8 Å². The smallest absolute Gasteiger partial charge is 0.324 e. The summed E-state index contributed by atoms with van der Waals surface area (Å²) in [5, 5.41) is 7.14. The van der Waals surface area contributed by atoms with Crippen molar-refractivity contribution in [1.29, 1.82) is 0 Å². The molecule has 3 aromatic rings. The summed E-state index contributed by atoms with van der Waals surface area (Å²) in [6, 6.07) is 6.20. The van der Waals surface area contributed by atoms with E-state index in [0.717, 1.165) is 42.8 Å². The van der Waals surface area contributed by atoms with Crippen molar-refractivity contribution in [2.45, 2.75) is 19.8 Å². The molecule has 0 saturated carbocycles. The first-order valence-corrected chi connectivity index (χ1v) is 9.43. The SMILES string of the molecule is CC1CC=C(c2noc(N3CCC3)n2)C=C1NC(=O)c1cnc2ccccn12. The minimum absolute atomic E-state index is 0.188. The number of nitrogens with zero attached hydrogens (tertiary/aromatic N) is 5. The molecule has 0 bridgehead atoms. The zero-order chi connectivity index (χ0) is 19.1. The van der Waals surface area contributed by atoms with Gasteiger partial charge in [-0.1, -0.05) is 24.2 Å². The topological polar surface area (TPSA) is 88.6 Å². The number of carbonyl (C=O) groups is 1. The maximum absolute atomic E-state index is 12.8. The molecule has 0 spiro atoms. The summed E-state index contributed by atoms with van der Waals surface area (Å²) in [6.45, 7) is 3.98. The number of allylic oxidation sites excluding steroid dienone is 4. The monoisotopic (exact) mass is 376 g/mol. The fourth-order valence-electron chi connectivity index (χ4n) is 3.38. The van der Waals surface area contributed by atoms with E-state index < -0.39 is 0 Å². The van der Waals surface area contributed by atoms with Gasteiger partial charge in [-0.15, -0.1) is 0 Å². The van der Waals surface area contributed by atoms with Crippen LogP contribution in [0.3, 0.4) is 0 Å². The zero-order valence-corrected chi connectivity index (χ0v) is 15.5. The molecule has 142 valence electrons. The van der Waals surface area contributed by atoms with Crippen molar-refractivity contribution in [2.24, 2.45) is 5.92 Å². The van der Waals surface area contributed by atoms with Gasteiger partial charge in [-0.25, -0.2) is 4.98 Å². The molecule has 1 N–H and O–H groups in total. The molecule has 8 heteroatoms. The molecule has 1 amide bonds. The number of hydrogen-bond donors (Lipinski definition) is 1. The number of pyridine rings is 1. The van der Waals surface area contributed by atoms with E-state index in [1.165, 1.54) is 0 Å². The van der Waals surface area contributed by atoms with Gasteiger partial charge in [0.15, 0.2) is 0 Å². The number of fused-ring (bicyclic) bond motifs is 1. The van der Waals surface area contributed by atoms with Crippen LogP contribution < -0.4 is 10.2 Å². The second-order valence-electron chi connectivity index (χ2n) is 7.16. The lowest BCUT2D eigenvalue weighted by Crippen LogP contribution is -2.37. The molecule has 5 rings (SSSR count). The van der Waals surface area contributed by atoms with Crippen molar-refractivity contribution in [3.8, 4) is 0 Å². The van der Waals surface area contributed by atoms with Crippen molar-refractivity contribution >= 4 is 23.1 Å². The predicted octanol–water partition coefficient (Wildman–Crippen LogP) is 2.66. The molecule has 3 aromatic heterocycles. The second kappa shape index (κ2) is 6.63. The summed E-state index contributed by atoms with van der Waals surface area (Å²) >= 11 is 0. The average molecular weight is 376 g/mol. The number of hydrogen-bond acceptors (Lipinski definition) is 6. The van der Waals surface area contributed by atoms with Gasteiger partial charge < -0.3 is 14.7 Å². The molecule has 1 aliphatic heterocycles. The third kappa shape index (κ3) is 2.87. The summed E-state index contributed by atoms with van der Waals surface area (Å²) in [4.78, 5) is 23.7. The number of anilines is 1. The number of imidazole rings is 1. The third-order valence-corrected chi connectivity index (χ3v) is 5.24. The van der Waals surface area contributed by atoms with Crippen molar-refractivity contribution in [2.75, 3.05) is 18.0 Å². The molecule has 8 nitrogen and oxygen atoms in total. The van der Waals surface area contributed by atoms with E-state index in [1.807, 2.05) is 30.5 Å². The van der Waals surface area contributed by atoms with Gasteiger partial charge in [0.25, 0.3) is 5.91 Å². The quantitative estimate of drug-likeness (QED) is 0.753. The van der Waals surface area contributed by atoms with E-state index >= 15 is 0 Å². The lowest BCUT2D eigenvalue weighted by molar-refractivity contribution is 0.0956. The molecule has 1 atom stereocenters. The fraction of sp³-hybridized carbons (Fsp3) is 0.300. The first-order chi connectivity index (χ1) is 13.7. The van der Waals surface area contributed by atoms with Crippen molar-refractivity contribution in [3.63, 3.8) is 0 Å². The minimum atomic E-state index is -0.188. The van der Waals surface area contributed by atoms with Crippen LogP contribution in [0.25, 0.3) is 11.2 Å². The maximum atomic E-state index is 12.8. The molecule has 1 aliphatic carbocycles. The van der Waals surface area contributed by atoms with E-state index in [9.17, 15) is 4.79 Å². The molecular formula is C20H20N6O2. The highest BCUT2D eigenvalue weighted by Gasteiger charge is 2.24. The van der Waals surface area contributed by atoms with Gasteiger partial charge in [0.2, 0.25) is 5.82 Å². The Balaban J connectivity index is 1.38. The van der Waals surface area contributed by atoms with Crippen LogP contribution in [0.5, 0.6) is 0 Å². The minimum Gasteiger partial charge on any atom is -0.324 e. The number of nitrogens with one attached hydrogen (secondary N) is 1. The van der Waals surface area contributed by atoms with Gasteiger partial charge in [-0.3, -0.25) is 9.20 Å². The molecule has 2 aliphatic rings. The predicted molar refractivity (Wildman–Crippen MR) is 104 cm³/mol. The zero-order valence-electron chi connectivity index (χ0n) is 15.5. The number of carbonyl (C=O) groups excluding carboxylic acids is 1. The lowest BCUT2D eigenvalue weighted by Gasteiger charge is -2.28. The Morgan fingerprint density at radius 2 is 2.21 bits per heavy atom. The summed E-state index contributed by atoms with van der Waals surface area (Å²) < 4.78 is 7.14. The van der Waals surface area contributed by atoms with Crippen LogP contribution in [0.15, 0.2) is 53.0 Å². The lowest BCUT2D eigenvalue weighted by atomic mass is 9.94. The molecular weight excluding hydrogens is 356 g/mol. The number of amides is 1. The van der Waals surface area contributed by atoms with Gasteiger partial charge in [-0.2, -0.15) is 4.98 Å². The molecule has 4 heterocycles. The molecule has 1 saturated heterocycles. The summed E-state index contributed by atoms with van der Waals surface area (Å²) in [5.74, 6) is 0.552. The Morgan fingerprint density at radius 1 is 1.32 bits per heavy atom. The first kappa shape index (κ1) is 16.7. The Bertz CT molecular complexity index is 1100. The fourth-order valence-corrected chi connectivity index (χ4v) is 3.38. The number of aromatic nitrogens is 4. The Hall–Kier alpha value is -3.42. The number of rotatable bonds is 4. The van der Waals surface area contributed by atoms with E-state index in [4.69, 9.17) is 4.52 Å². The van der Waals surface area contributed by atoms with E-state index in [-0.39, 0.29) is 11.8 Å². The Kier molecular flexibility index (Phi) is 3.96. The van der Waals surface area contributed by atoms with E-state index in [1.54, 1.807) is 10.6 Å². The summed E-state index contributed by atoms with van der Waals surface area (Å²) in [5.41, 5.74) is 2.94. The maximum Gasteiger partial charge on any atom is 0.324 e. The molecule has 28 heavy (non-hydrogen) atoms. The average Bonchev–Trinajstić information content (AvgIpc) is 3.29. The van der Waals surface area contributed by atoms with E-state index in [2.05, 4.69) is 38.3 Å². The van der Waals surface area contributed by atoms with Crippen molar-refractivity contribution in [3.05, 3.63) is 60.0 Å². The van der Waals surface area contributed by atoms with Gasteiger partial charge in [0, 0.05) is 30.6 Å². The van der Waals surface area contributed by atoms with Crippen LogP contribution in [-0.2, 0) is 0 Å². The Morgan fingerprint density at radius 3 is 3.04 bits per heavy atom. The highest BCUT2D eigenvalue weighted by Crippen LogP contribution is 2.28. The highest BCUT2D eigenvalue weighted by molar-refractivity contribution is 5.94. The van der Waals surface area contributed by atoms with Gasteiger partial charge in [0.1, 0.15) is 11.3 Å². The normalized spacial score (nSPS) is 19.2. The van der Waals surface area contributed by atoms with Crippen LogP contribution in [0.2, 0.25) is 0 Å². The first-order valence-electron chi connectivity index (χ1n) is 9.43. The van der Waals surface area contributed by atoms with Crippen molar-refractivity contribution < 1.29 is 9.32 Å². The van der Waals surface area contributed by atoms with Crippen LogP contribution >= 0.6 is 0 Å². The van der Waals surface area contributed by atoms with Crippen LogP contribution in [0.4, 0.5) is 6.01 Å². The standard InChI is InChI=1S/C20H20N6O2/c1-13-6-7-14(18-23-20(28-24-18)25-8-4-9-25)11-15(13)22-19(27)16-12-21-17-5-2-3-10-26(16)17/h2-3,5,7,10-13H,4,6,8-9H2,1H3,(H,22,27). The Labute approximate surface area is 161 Å². The molecule has 0 radical (unpaired) electrons. The highest BCUT2D eigenvalue weighted by atomic mass is 16.5. The van der Waals surface area contributed by atoms with E-state index in [0.29, 0.717) is 17.5 Å². The molecule has 0 aromatic carbocycles. The van der Waals surface area contributed by atoms with Crippen LogP contribution in [0, 0.1) is 5.92 Å². The molecule has 1 unspecified atom stereocenters. The van der Waals surface area contributed by atoms with Crippen LogP contribution in [-0.4, -0.2) is 38.5 Å². The van der Waals surface area contributed by atoms with Gasteiger partial charge in [-0.05, 0) is 37.0 Å². The van der Waals surface area contributed by atoms with Gasteiger partial charge in [0.05, 0.1) is 6.20 Å². The largest absolute Gasteiger partial charge is 0.324 e. The third-order valence-electron chi connectivity index (χ3n) is 5.24. The summed E-state index contributed by atoms with van der Waals surface area (Å²) in [6.07, 6.45) is 9.38. The summed E-state index contributed by atoms with van der Waals surface area (Å²) in [7, 11) is 0.